The highest BCUT2D eigenvalue weighted by Gasteiger charge is 2.26. The van der Waals surface area contributed by atoms with E-state index in [1.807, 2.05) is 63.6 Å². The van der Waals surface area contributed by atoms with Crippen molar-refractivity contribution in [2.24, 2.45) is 0 Å². The van der Waals surface area contributed by atoms with Gasteiger partial charge < -0.3 is 5.11 Å². The molecule has 0 amide bonds. The number of aryl methyl sites for hydroxylation is 1. The number of nitrogens with zero attached hydrogens (tertiary/aromatic N) is 1. The molecule has 0 bridgehead atoms. The number of benzene rings is 1. The van der Waals surface area contributed by atoms with Crippen LogP contribution in [0, 0.1) is 0 Å². The first-order valence-corrected chi connectivity index (χ1v) is 9.07. The van der Waals surface area contributed by atoms with Gasteiger partial charge >= 0.3 is 17.1 Å². The highest BCUT2D eigenvalue weighted by molar-refractivity contribution is 5.78. The largest absolute Gasteiger partial charge is 0.507 e. The molecular weight excluding hydrogens is 362 g/mol. The molecule has 0 fully saturated rings. The first kappa shape index (κ1) is 21.4. The molecule has 0 atom stereocenters. The zero-order valence-corrected chi connectivity index (χ0v) is 17.1. The van der Waals surface area contributed by atoms with Crippen molar-refractivity contribution in [1.29, 1.82) is 0 Å². The molecule has 2 rings (SSSR count). The van der Waals surface area contributed by atoms with Gasteiger partial charge in [-0.1, -0.05) is 53.7 Å². The summed E-state index contributed by atoms with van der Waals surface area (Å²) in [6.07, 6.45) is 0.170. The zero-order chi connectivity index (χ0) is 21.4. The number of H-pyrrole nitrogens is 2. The Kier molecular flexibility index (Phi) is 5.55. The maximum absolute atomic E-state index is 12.4. The number of aromatic hydroxyl groups is 1. The van der Waals surface area contributed by atoms with Gasteiger partial charge in [0, 0.05) is 6.42 Å². The number of phenols is 1. The third kappa shape index (κ3) is 4.49. The molecule has 1 aromatic heterocycles. The van der Waals surface area contributed by atoms with E-state index in [0.29, 0.717) is 4.57 Å². The molecule has 0 aliphatic rings. The Morgan fingerprint density at radius 1 is 0.929 bits per heavy atom. The third-order valence-electron chi connectivity index (χ3n) is 4.51. The molecule has 152 valence electrons. The van der Waals surface area contributed by atoms with E-state index in [4.69, 9.17) is 0 Å². The predicted octanol–water partition coefficient (Wildman–Crippen LogP) is 1.80. The molecule has 3 N–H and O–H groups in total. The van der Waals surface area contributed by atoms with E-state index >= 15 is 0 Å². The summed E-state index contributed by atoms with van der Waals surface area (Å²) in [5, 5.41) is 10.7. The normalized spacial score (nSPS) is 12.2. The van der Waals surface area contributed by atoms with E-state index in [0.717, 1.165) is 16.7 Å². The standard InChI is InChI=1S/C20H27N3O5/c1-19(2,3)12-9-11(10-13(15(12)25)20(4,5)6)7-8-14(24)23-17(27)21-16(26)22-18(23)28/h9-10,25H,7-8H2,1-6H3,(H2,21,22,26,27,28). The van der Waals surface area contributed by atoms with Crippen LogP contribution < -0.4 is 17.1 Å². The van der Waals surface area contributed by atoms with Gasteiger partial charge in [0.2, 0.25) is 5.91 Å². The van der Waals surface area contributed by atoms with Crippen molar-refractivity contribution < 1.29 is 9.90 Å². The van der Waals surface area contributed by atoms with Crippen LogP contribution in [0.4, 0.5) is 0 Å². The number of hydrogen-bond donors (Lipinski definition) is 3. The lowest BCUT2D eigenvalue weighted by Gasteiger charge is -2.28. The molecule has 8 heteroatoms. The van der Waals surface area contributed by atoms with Crippen molar-refractivity contribution >= 4 is 5.91 Å². The average molecular weight is 389 g/mol. The van der Waals surface area contributed by atoms with Crippen molar-refractivity contribution in [3.63, 3.8) is 0 Å². The summed E-state index contributed by atoms with van der Waals surface area (Å²) in [4.78, 5) is 50.7. The molecule has 2 aromatic rings. The first-order chi connectivity index (χ1) is 12.7. The summed E-state index contributed by atoms with van der Waals surface area (Å²) in [5.74, 6) is -0.478. The summed E-state index contributed by atoms with van der Waals surface area (Å²) >= 11 is 0. The molecule has 0 aliphatic heterocycles. The number of carbonyl (C=O) groups excluding carboxylic acids is 1. The Bertz CT molecular complexity index is 1010. The van der Waals surface area contributed by atoms with Crippen LogP contribution in [0.1, 0.15) is 69.4 Å². The molecule has 0 saturated carbocycles. The SMILES string of the molecule is CC(C)(C)c1cc(CCC(=O)n2c(=O)[nH]c(=O)[nH]c2=O)cc(C(C)(C)C)c1O. The maximum atomic E-state index is 12.4. The number of rotatable bonds is 3. The molecule has 0 radical (unpaired) electrons. The lowest BCUT2D eigenvalue weighted by atomic mass is 9.78. The van der Waals surface area contributed by atoms with Crippen LogP contribution in [-0.4, -0.2) is 25.5 Å². The topological polar surface area (TPSA) is 125 Å². The fourth-order valence-electron chi connectivity index (χ4n) is 3.00. The lowest BCUT2D eigenvalue weighted by molar-refractivity contribution is 0.0890. The van der Waals surface area contributed by atoms with Gasteiger partial charge in [-0.25, -0.2) is 14.4 Å². The maximum Gasteiger partial charge on any atom is 0.340 e. The van der Waals surface area contributed by atoms with Crippen molar-refractivity contribution in [1.82, 2.24) is 14.5 Å². The number of aromatic nitrogens is 3. The summed E-state index contributed by atoms with van der Waals surface area (Å²) in [5.41, 5.74) is -1.35. The van der Waals surface area contributed by atoms with Gasteiger partial charge in [0.05, 0.1) is 0 Å². The second kappa shape index (κ2) is 7.26. The minimum absolute atomic E-state index is 0.104. The van der Waals surface area contributed by atoms with Gasteiger partial charge in [0.15, 0.2) is 0 Å². The molecule has 0 aliphatic carbocycles. The molecule has 1 aromatic carbocycles. The summed E-state index contributed by atoms with van der Waals surface area (Å²) in [6, 6.07) is 3.69. The molecule has 0 unspecified atom stereocenters. The molecule has 0 saturated heterocycles. The van der Waals surface area contributed by atoms with Gasteiger partial charge in [0.25, 0.3) is 0 Å². The van der Waals surface area contributed by atoms with Crippen LogP contribution in [0.25, 0.3) is 0 Å². The van der Waals surface area contributed by atoms with Crippen molar-refractivity contribution in [3.05, 3.63) is 60.3 Å². The Balaban J connectivity index is 2.42. The molecule has 1 heterocycles. The summed E-state index contributed by atoms with van der Waals surface area (Å²) < 4.78 is 0.386. The van der Waals surface area contributed by atoms with E-state index in [1.54, 1.807) is 0 Å². The smallest absolute Gasteiger partial charge is 0.340 e. The van der Waals surface area contributed by atoms with E-state index in [1.165, 1.54) is 0 Å². The second-order valence-electron chi connectivity index (χ2n) is 8.96. The van der Waals surface area contributed by atoms with Crippen LogP contribution in [-0.2, 0) is 17.3 Å². The molecule has 0 spiro atoms. The quantitative estimate of drug-likeness (QED) is 0.738. The van der Waals surface area contributed by atoms with Crippen LogP contribution in [0.3, 0.4) is 0 Å². The third-order valence-corrected chi connectivity index (χ3v) is 4.51. The van der Waals surface area contributed by atoms with Crippen LogP contribution in [0.5, 0.6) is 5.75 Å². The van der Waals surface area contributed by atoms with Gasteiger partial charge in [-0.15, -0.1) is 0 Å². The first-order valence-electron chi connectivity index (χ1n) is 9.07. The summed E-state index contributed by atoms with van der Waals surface area (Å²) in [7, 11) is 0. The van der Waals surface area contributed by atoms with Gasteiger partial charge in [0.1, 0.15) is 5.75 Å². The van der Waals surface area contributed by atoms with E-state index < -0.39 is 23.0 Å². The van der Waals surface area contributed by atoms with Gasteiger partial charge in [-0.3, -0.25) is 14.8 Å². The Morgan fingerprint density at radius 3 is 1.75 bits per heavy atom. The number of aromatic amines is 2. The number of hydrogen-bond acceptors (Lipinski definition) is 5. The fourth-order valence-corrected chi connectivity index (χ4v) is 3.00. The Morgan fingerprint density at radius 2 is 1.36 bits per heavy atom. The lowest BCUT2D eigenvalue weighted by Crippen LogP contribution is -2.46. The number of phenolic OH excluding ortho intramolecular Hbond substituents is 1. The van der Waals surface area contributed by atoms with E-state index in [9.17, 15) is 24.3 Å². The number of carbonyl (C=O) groups is 1. The number of nitrogens with one attached hydrogen (secondary N) is 2. The minimum Gasteiger partial charge on any atom is -0.507 e. The van der Waals surface area contributed by atoms with Crippen LogP contribution >= 0.6 is 0 Å². The fraction of sp³-hybridized carbons (Fsp3) is 0.500. The van der Waals surface area contributed by atoms with Crippen molar-refractivity contribution in [3.8, 4) is 5.75 Å². The van der Waals surface area contributed by atoms with Crippen molar-refractivity contribution in [2.45, 2.75) is 65.2 Å². The highest BCUT2D eigenvalue weighted by atomic mass is 16.3. The summed E-state index contributed by atoms with van der Waals surface area (Å²) in [6.45, 7) is 11.9. The predicted molar refractivity (Wildman–Crippen MR) is 106 cm³/mol. The van der Waals surface area contributed by atoms with Crippen LogP contribution in [0.15, 0.2) is 26.5 Å². The average Bonchev–Trinajstić information content (AvgIpc) is 2.50. The highest BCUT2D eigenvalue weighted by Crippen LogP contribution is 2.39. The van der Waals surface area contributed by atoms with E-state index in [-0.39, 0.29) is 29.4 Å². The Labute approximate surface area is 162 Å². The van der Waals surface area contributed by atoms with Crippen molar-refractivity contribution in [2.75, 3.05) is 0 Å². The van der Waals surface area contributed by atoms with Crippen LogP contribution in [0.2, 0.25) is 0 Å². The molecular formula is C20H27N3O5. The Hall–Kier alpha value is -2.90. The monoisotopic (exact) mass is 389 g/mol. The van der Waals surface area contributed by atoms with Gasteiger partial charge in [-0.2, -0.15) is 4.57 Å². The van der Waals surface area contributed by atoms with E-state index in [2.05, 4.69) is 0 Å². The van der Waals surface area contributed by atoms with Gasteiger partial charge in [-0.05, 0) is 33.9 Å². The molecule has 8 nitrogen and oxygen atoms in total. The minimum atomic E-state index is -1.06. The molecule has 28 heavy (non-hydrogen) atoms. The second-order valence-corrected chi connectivity index (χ2v) is 8.96. The zero-order valence-electron chi connectivity index (χ0n) is 17.1.